The fourth-order valence-electron chi connectivity index (χ4n) is 1.49. The number of allylic oxidation sites excluding steroid dienone is 1. The highest BCUT2D eigenvalue weighted by atomic mass is 16.4. The molecule has 0 unspecified atom stereocenters. The van der Waals surface area contributed by atoms with Gasteiger partial charge in [0.2, 0.25) is 5.91 Å². The Morgan fingerprint density at radius 3 is 2.21 bits per heavy atom. The summed E-state index contributed by atoms with van der Waals surface area (Å²) in [5.74, 6) is -0.764. The molecule has 0 bridgehead atoms. The number of carboxylic acid groups (broad SMARTS) is 1. The molecule has 0 aliphatic rings. The van der Waals surface area contributed by atoms with Gasteiger partial charge in [-0.25, -0.2) is 4.79 Å². The van der Waals surface area contributed by atoms with E-state index in [4.69, 9.17) is 5.11 Å². The smallest absolute Gasteiger partial charge is 0.331 e. The van der Waals surface area contributed by atoms with Crippen LogP contribution < -0.4 is 5.32 Å². The molecule has 1 amide bonds. The topological polar surface area (TPSA) is 66.4 Å². The molecule has 19 heavy (non-hydrogen) atoms. The number of unbranched alkanes of at least 4 members (excludes halogenated alkanes) is 1. The highest BCUT2D eigenvalue weighted by Gasteiger charge is 2.24. The van der Waals surface area contributed by atoms with E-state index in [9.17, 15) is 9.59 Å². The Hall–Kier alpha value is -1.32. The molecule has 0 radical (unpaired) electrons. The number of hydrogen-bond acceptors (Lipinski definition) is 2. The summed E-state index contributed by atoms with van der Waals surface area (Å²) in [7, 11) is 0. The molecule has 0 spiro atoms. The highest BCUT2D eigenvalue weighted by molar-refractivity contribution is 5.86. The largest absolute Gasteiger partial charge is 0.478 e. The van der Waals surface area contributed by atoms with Gasteiger partial charge in [-0.3, -0.25) is 4.79 Å². The van der Waals surface area contributed by atoms with Crippen molar-refractivity contribution in [2.75, 3.05) is 6.54 Å². The number of amides is 1. The van der Waals surface area contributed by atoms with Crippen molar-refractivity contribution in [3.63, 3.8) is 0 Å². The molecular formula is C15H27NO3. The van der Waals surface area contributed by atoms with Gasteiger partial charge in [0, 0.05) is 17.5 Å². The lowest BCUT2D eigenvalue weighted by Crippen LogP contribution is -2.36. The van der Waals surface area contributed by atoms with Gasteiger partial charge in [-0.05, 0) is 39.5 Å². The molecule has 0 atom stereocenters. The van der Waals surface area contributed by atoms with Crippen molar-refractivity contribution in [1.29, 1.82) is 0 Å². The number of carbonyl (C=O) groups is 2. The van der Waals surface area contributed by atoms with E-state index >= 15 is 0 Å². The van der Waals surface area contributed by atoms with Gasteiger partial charge in [0.1, 0.15) is 0 Å². The Balaban J connectivity index is 3.93. The van der Waals surface area contributed by atoms with Gasteiger partial charge in [-0.2, -0.15) is 0 Å². The number of aliphatic carboxylic acids is 1. The Kier molecular flexibility index (Phi) is 7.42. The number of hydrogen-bond donors (Lipinski definition) is 2. The average Bonchev–Trinajstić information content (AvgIpc) is 2.36. The van der Waals surface area contributed by atoms with Crippen molar-refractivity contribution < 1.29 is 14.7 Å². The average molecular weight is 269 g/mol. The summed E-state index contributed by atoms with van der Waals surface area (Å²) in [6.45, 7) is 10.0. The summed E-state index contributed by atoms with van der Waals surface area (Å²) in [4.78, 5) is 22.5. The van der Waals surface area contributed by atoms with Crippen LogP contribution in [0, 0.1) is 5.41 Å². The van der Waals surface area contributed by atoms with Crippen molar-refractivity contribution in [3.8, 4) is 0 Å². The van der Waals surface area contributed by atoms with Crippen molar-refractivity contribution >= 4 is 11.9 Å². The van der Waals surface area contributed by atoms with Crippen LogP contribution in [0.4, 0.5) is 0 Å². The van der Waals surface area contributed by atoms with E-state index in [0.717, 1.165) is 31.3 Å². The van der Waals surface area contributed by atoms with Gasteiger partial charge in [0.25, 0.3) is 0 Å². The minimum absolute atomic E-state index is 0.0870. The van der Waals surface area contributed by atoms with Gasteiger partial charge < -0.3 is 10.4 Å². The van der Waals surface area contributed by atoms with Gasteiger partial charge in [-0.15, -0.1) is 0 Å². The van der Waals surface area contributed by atoms with Gasteiger partial charge >= 0.3 is 5.97 Å². The lowest BCUT2D eigenvalue weighted by molar-refractivity contribution is -0.132. The highest BCUT2D eigenvalue weighted by Crippen LogP contribution is 2.19. The lowest BCUT2D eigenvalue weighted by atomic mass is 9.89. The molecule has 0 aromatic rings. The first-order valence-corrected chi connectivity index (χ1v) is 6.90. The Labute approximate surface area is 116 Å². The van der Waals surface area contributed by atoms with Crippen LogP contribution in [0.2, 0.25) is 0 Å². The van der Waals surface area contributed by atoms with E-state index < -0.39 is 5.97 Å². The van der Waals surface area contributed by atoms with Crippen molar-refractivity contribution in [2.24, 2.45) is 5.41 Å². The van der Waals surface area contributed by atoms with E-state index in [1.165, 1.54) is 0 Å². The van der Waals surface area contributed by atoms with Crippen LogP contribution in [0.3, 0.4) is 0 Å². The lowest BCUT2D eigenvalue weighted by Gasteiger charge is -2.21. The minimum atomic E-state index is -0.851. The molecule has 0 saturated carbocycles. The molecule has 0 aromatic carbocycles. The quantitative estimate of drug-likeness (QED) is 0.525. The van der Waals surface area contributed by atoms with Crippen LogP contribution in [0.25, 0.3) is 0 Å². The fraction of sp³-hybridized carbons (Fsp3) is 0.733. The van der Waals surface area contributed by atoms with E-state index in [-0.39, 0.29) is 11.3 Å². The van der Waals surface area contributed by atoms with Crippen molar-refractivity contribution in [2.45, 2.75) is 60.3 Å². The minimum Gasteiger partial charge on any atom is -0.478 e. The first-order valence-electron chi connectivity index (χ1n) is 6.90. The van der Waals surface area contributed by atoms with Crippen LogP contribution in [0.15, 0.2) is 11.1 Å². The van der Waals surface area contributed by atoms with E-state index in [2.05, 4.69) is 5.32 Å². The molecule has 0 fully saturated rings. The second-order valence-electron chi connectivity index (χ2n) is 5.66. The number of carbonyl (C=O) groups excluding carboxylic acids is 1. The Morgan fingerprint density at radius 1 is 1.16 bits per heavy atom. The monoisotopic (exact) mass is 269 g/mol. The zero-order valence-electron chi connectivity index (χ0n) is 12.8. The summed E-state index contributed by atoms with van der Waals surface area (Å²) in [6.07, 6.45) is 3.35. The molecular weight excluding hydrogens is 242 g/mol. The van der Waals surface area contributed by atoms with E-state index in [0.29, 0.717) is 12.1 Å². The molecule has 0 aliphatic carbocycles. The zero-order chi connectivity index (χ0) is 15.1. The van der Waals surface area contributed by atoms with Gasteiger partial charge in [0.05, 0.1) is 0 Å². The molecule has 0 rings (SSSR count). The normalized spacial score (nSPS) is 12.9. The molecule has 4 nitrogen and oxygen atoms in total. The number of nitrogens with one attached hydrogen (secondary N) is 1. The van der Waals surface area contributed by atoms with Crippen molar-refractivity contribution in [3.05, 3.63) is 11.1 Å². The molecule has 0 aliphatic heterocycles. The summed E-state index contributed by atoms with van der Waals surface area (Å²) in [5.41, 5.74) is 1.03. The van der Waals surface area contributed by atoms with Crippen LogP contribution in [0.1, 0.15) is 60.3 Å². The Bertz CT molecular complexity index is 356. The van der Waals surface area contributed by atoms with Crippen LogP contribution in [0.5, 0.6) is 0 Å². The molecule has 4 heteroatoms. The number of rotatable bonds is 8. The third-order valence-corrected chi connectivity index (χ3v) is 3.72. The molecule has 0 heterocycles. The maximum Gasteiger partial charge on any atom is 0.331 e. The van der Waals surface area contributed by atoms with E-state index in [1.54, 1.807) is 6.92 Å². The summed E-state index contributed by atoms with van der Waals surface area (Å²) < 4.78 is 0. The molecule has 2 N–H and O–H groups in total. The summed E-state index contributed by atoms with van der Waals surface area (Å²) in [5, 5.41) is 11.8. The van der Waals surface area contributed by atoms with Crippen LogP contribution in [-0.4, -0.2) is 23.5 Å². The second kappa shape index (κ2) is 7.97. The first kappa shape index (κ1) is 17.7. The second-order valence-corrected chi connectivity index (χ2v) is 5.66. The van der Waals surface area contributed by atoms with Gasteiger partial charge in [-0.1, -0.05) is 26.3 Å². The molecule has 0 saturated heterocycles. The van der Waals surface area contributed by atoms with Crippen molar-refractivity contribution in [1.82, 2.24) is 5.32 Å². The maximum atomic E-state index is 11.8. The SMILES string of the molecule is CCC(C)(C)C(=O)NCCCC/C(C)=C(/C)C(=O)O. The summed E-state index contributed by atoms with van der Waals surface area (Å²) >= 11 is 0. The predicted molar refractivity (Wildman–Crippen MR) is 76.9 cm³/mol. The third-order valence-electron chi connectivity index (χ3n) is 3.72. The first-order chi connectivity index (χ1) is 8.72. The predicted octanol–water partition coefficient (Wildman–Crippen LogP) is 3.13. The Morgan fingerprint density at radius 2 is 1.74 bits per heavy atom. The van der Waals surface area contributed by atoms with Gasteiger partial charge in [0.15, 0.2) is 0 Å². The molecule has 110 valence electrons. The van der Waals surface area contributed by atoms with E-state index in [1.807, 2.05) is 27.7 Å². The summed E-state index contributed by atoms with van der Waals surface area (Å²) in [6, 6.07) is 0. The fourth-order valence-corrected chi connectivity index (χ4v) is 1.49. The third kappa shape index (κ3) is 6.41. The zero-order valence-corrected chi connectivity index (χ0v) is 12.8. The van der Waals surface area contributed by atoms with Crippen LogP contribution >= 0.6 is 0 Å². The maximum absolute atomic E-state index is 11.8. The standard InChI is InChI=1S/C15H27NO3/c1-6-15(4,5)14(19)16-10-8-7-9-11(2)12(3)13(17)18/h6-10H2,1-5H3,(H,16,19)(H,17,18)/b12-11-. The molecule has 0 aromatic heterocycles. The van der Waals surface area contributed by atoms with Crippen LogP contribution in [-0.2, 0) is 9.59 Å². The number of carboxylic acids is 1.